The monoisotopic (exact) mass is 231 g/mol. The van der Waals surface area contributed by atoms with E-state index in [1.54, 1.807) is 0 Å². The molecule has 0 radical (unpaired) electrons. The Morgan fingerprint density at radius 1 is 1.24 bits per heavy atom. The van der Waals surface area contributed by atoms with Gasteiger partial charge in [-0.15, -0.1) is 0 Å². The first-order valence-electron chi connectivity index (χ1n) is 5.86. The molecule has 3 heterocycles. The maximum absolute atomic E-state index is 4.68. The van der Waals surface area contributed by atoms with E-state index in [0.717, 1.165) is 35.3 Å². The van der Waals surface area contributed by atoms with Crippen molar-refractivity contribution < 1.29 is 0 Å². The van der Waals surface area contributed by atoms with E-state index in [0.29, 0.717) is 0 Å². The summed E-state index contributed by atoms with van der Waals surface area (Å²) in [5.41, 5.74) is 2.99. The third-order valence-corrected chi connectivity index (χ3v) is 3.43. The van der Waals surface area contributed by atoms with Crippen molar-refractivity contribution in [2.24, 2.45) is 17.0 Å². The van der Waals surface area contributed by atoms with Gasteiger partial charge in [-0.3, -0.25) is 9.67 Å². The molecule has 0 saturated heterocycles. The highest BCUT2D eigenvalue weighted by molar-refractivity contribution is 6.15. The van der Waals surface area contributed by atoms with Crippen molar-refractivity contribution in [1.29, 1.82) is 0 Å². The number of aryl methyl sites for hydroxylation is 2. The zero-order valence-electron chi connectivity index (χ0n) is 10.9. The Morgan fingerprint density at radius 3 is 2.65 bits per heavy atom. The molecule has 0 amide bonds. The van der Waals surface area contributed by atoms with Crippen LogP contribution in [0.15, 0.2) is 9.98 Å². The van der Waals surface area contributed by atoms with E-state index >= 15 is 0 Å². The zero-order chi connectivity index (χ0) is 12.4. The van der Waals surface area contributed by atoms with Crippen molar-refractivity contribution in [3.8, 4) is 0 Å². The summed E-state index contributed by atoms with van der Waals surface area (Å²) in [4.78, 5) is 11.6. The Labute approximate surface area is 101 Å². The Bertz CT molecular complexity index is 562. The number of aliphatic imine (C=N–C) groups is 2. The molecule has 90 valence electrons. The Balaban J connectivity index is 2.27. The second kappa shape index (κ2) is 2.97. The summed E-state index contributed by atoms with van der Waals surface area (Å²) < 4.78 is 1.88. The van der Waals surface area contributed by atoms with Gasteiger partial charge in [0.05, 0.1) is 17.8 Å². The molecule has 5 nitrogen and oxygen atoms in total. The molecule has 0 unspecified atom stereocenters. The molecule has 17 heavy (non-hydrogen) atoms. The summed E-state index contributed by atoms with van der Waals surface area (Å²) in [6.45, 7) is 9.22. The van der Waals surface area contributed by atoms with E-state index in [-0.39, 0.29) is 5.54 Å². The van der Waals surface area contributed by atoms with Crippen LogP contribution in [0, 0.1) is 6.92 Å². The van der Waals surface area contributed by atoms with Crippen molar-refractivity contribution in [2.75, 3.05) is 6.54 Å². The Kier molecular flexibility index (Phi) is 1.83. The minimum atomic E-state index is 0.0127. The number of fused-ring (bicyclic) bond motifs is 3. The fourth-order valence-corrected chi connectivity index (χ4v) is 2.71. The van der Waals surface area contributed by atoms with Crippen LogP contribution in [0.25, 0.3) is 0 Å². The summed E-state index contributed by atoms with van der Waals surface area (Å²) in [6.07, 6.45) is 0. The summed E-state index contributed by atoms with van der Waals surface area (Å²) >= 11 is 0. The van der Waals surface area contributed by atoms with Gasteiger partial charge in [0, 0.05) is 7.05 Å². The van der Waals surface area contributed by atoms with E-state index in [2.05, 4.69) is 33.8 Å². The predicted molar refractivity (Wildman–Crippen MR) is 68.0 cm³/mol. The number of amidine groups is 2. The smallest absolute Gasteiger partial charge is 0.157 e. The minimum Gasteiger partial charge on any atom is -0.306 e. The van der Waals surface area contributed by atoms with Crippen LogP contribution in [0.5, 0.6) is 0 Å². The summed E-state index contributed by atoms with van der Waals surface area (Å²) in [7, 11) is 1.95. The van der Waals surface area contributed by atoms with E-state index in [4.69, 9.17) is 0 Å². The molecule has 2 aliphatic rings. The Morgan fingerprint density at radius 2 is 1.94 bits per heavy atom. The molecule has 2 aliphatic heterocycles. The van der Waals surface area contributed by atoms with Crippen LogP contribution in [0.3, 0.4) is 0 Å². The molecule has 0 aliphatic carbocycles. The van der Waals surface area contributed by atoms with Gasteiger partial charge in [0.1, 0.15) is 17.2 Å². The fraction of sp³-hybridized carbons (Fsp3) is 0.583. The van der Waals surface area contributed by atoms with Crippen molar-refractivity contribution >= 4 is 17.4 Å². The summed E-state index contributed by atoms with van der Waals surface area (Å²) in [5.74, 6) is 2.02. The van der Waals surface area contributed by atoms with E-state index in [1.165, 1.54) is 0 Å². The predicted octanol–water partition coefficient (Wildman–Crippen LogP) is 1.63. The molecular weight excluding hydrogens is 214 g/mol. The minimum absolute atomic E-state index is 0.0127. The summed E-state index contributed by atoms with van der Waals surface area (Å²) in [5, 5.41) is 4.44. The van der Waals surface area contributed by atoms with Gasteiger partial charge in [0.25, 0.3) is 0 Å². The molecule has 0 atom stereocenters. The lowest BCUT2D eigenvalue weighted by Crippen LogP contribution is -2.49. The van der Waals surface area contributed by atoms with Crippen molar-refractivity contribution in [3.05, 3.63) is 11.4 Å². The third kappa shape index (κ3) is 1.22. The summed E-state index contributed by atoms with van der Waals surface area (Å²) in [6, 6.07) is 0. The van der Waals surface area contributed by atoms with Crippen molar-refractivity contribution in [3.63, 3.8) is 0 Å². The van der Waals surface area contributed by atoms with Gasteiger partial charge >= 0.3 is 0 Å². The van der Waals surface area contributed by atoms with Crippen LogP contribution in [0.4, 0.5) is 5.69 Å². The molecule has 0 N–H and O–H groups in total. The SMILES string of the molecule is CC1=Nc2c(C)nn(C)c2C2=NCC(C)(C)N12. The first-order valence-corrected chi connectivity index (χ1v) is 5.86. The largest absolute Gasteiger partial charge is 0.306 e. The first kappa shape index (κ1) is 10.5. The highest BCUT2D eigenvalue weighted by atomic mass is 15.4. The lowest BCUT2D eigenvalue weighted by atomic mass is 10.0. The molecular formula is C12H17N5. The van der Waals surface area contributed by atoms with E-state index in [1.807, 2.05) is 25.6 Å². The van der Waals surface area contributed by atoms with Crippen molar-refractivity contribution in [2.45, 2.75) is 33.2 Å². The average molecular weight is 231 g/mol. The number of hydrogen-bond donors (Lipinski definition) is 0. The highest BCUT2D eigenvalue weighted by Crippen LogP contribution is 2.35. The van der Waals surface area contributed by atoms with Crippen LogP contribution in [0.1, 0.15) is 32.2 Å². The average Bonchev–Trinajstić information content (AvgIpc) is 2.67. The van der Waals surface area contributed by atoms with Gasteiger partial charge in [-0.1, -0.05) is 0 Å². The second-order valence-corrected chi connectivity index (χ2v) is 5.35. The van der Waals surface area contributed by atoms with E-state index < -0.39 is 0 Å². The zero-order valence-corrected chi connectivity index (χ0v) is 10.9. The van der Waals surface area contributed by atoms with Crippen LogP contribution >= 0.6 is 0 Å². The van der Waals surface area contributed by atoms with Crippen molar-refractivity contribution in [1.82, 2.24) is 14.7 Å². The van der Waals surface area contributed by atoms with Gasteiger partial charge in [-0.05, 0) is 27.7 Å². The van der Waals surface area contributed by atoms with Gasteiger partial charge in [-0.25, -0.2) is 4.99 Å². The fourth-order valence-electron chi connectivity index (χ4n) is 2.71. The lowest BCUT2D eigenvalue weighted by Gasteiger charge is -2.35. The van der Waals surface area contributed by atoms with E-state index in [9.17, 15) is 0 Å². The topological polar surface area (TPSA) is 45.8 Å². The molecule has 1 aromatic rings. The Hall–Kier alpha value is -1.65. The van der Waals surface area contributed by atoms with Gasteiger partial charge < -0.3 is 4.90 Å². The third-order valence-electron chi connectivity index (χ3n) is 3.43. The normalized spacial score (nSPS) is 20.9. The molecule has 5 heteroatoms. The molecule has 0 saturated carbocycles. The maximum atomic E-state index is 4.68. The van der Waals surface area contributed by atoms with Gasteiger partial charge in [0.2, 0.25) is 0 Å². The molecule has 0 spiro atoms. The lowest BCUT2D eigenvalue weighted by molar-refractivity contribution is 0.347. The molecule has 0 aromatic carbocycles. The highest BCUT2D eigenvalue weighted by Gasteiger charge is 2.41. The van der Waals surface area contributed by atoms with Crippen LogP contribution in [0.2, 0.25) is 0 Å². The second-order valence-electron chi connectivity index (χ2n) is 5.35. The number of rotatable bonds is 0. The first-order chi connectivity index (χ1) is 7.92. The molecule has 3 rings (SSSR count). The van der Waals surface area contributed by atoms with Crippen LogP contribution in [-0.4, -0.2) is 38.4 Å². The van der Waals surface area contributed by atoms with Gasteiger partial charge in [0.15, 0.2) is 5.84 Å². The quantitative estimate of drug-likeness (QED) is 0.681. The van der Waals surface area contributed by atoms with Crippen LogP contribution < -0.4 is 0 Å². The molecule has 0 bridgehead atoms. The number of hydrogen-bond acceptors (Lipinski definition) is 4. The standard InChI is InChI=1S/C12H17N5/c1-7-9-10(16(5)15-7)11-13-6-12(3,4)17(11)8(2)14-9/h6H2,1-5H3. The number of nitrogens with zero attached hydrogens (tertiary/aromatic N) is 5. The number of aromatic nitrogens is 2. The van der Waals surface area contributed by atoms with Gasteiger partial charge in [-0.2, -0.15) is 5.10 Å². The van der Waals surface area contributed by atoms with Crippen LogP contribution in [-0.2, 0) is 7.05 Å². The maximum Gasteiger partial charge on any atom is 0.157 e. The molecule has 0 fully saturated rings. The molecule has 1 aromatic heterocycles.